The van der Waals surface area contributed by atoms with Crippen molar-refractivity contribution in [2.45, 2.75) is 26.0 Å². The number of aliphatic hydroxyl groups excluding tert-OH is 2. The minimum atomic E-state index is -0.653. The zero-order valence-electron chi connectivity index (χ0n) is 13.0. The molecule has 2 atom stereocenters. The average molecular weight is 322 g/mol. The molecule has 3 nitrogen and oxygen atoms in total. The number of benzene rings is 2. The molecule has 0 fully saturated rings. The number of nitrogens with one attached hydrogen (secondary N) is 1. The Labute approximate surface area is 138 Å². The van der Waals surface area contributed by atoms with Crippen LogP contribution in [0.4, 0.5) is 0 Å². The van der Waals surface area contributed by atoms with Crippen molar-refractivity contribution in [3.63, 3.8) is 0 Å². The van der Waals surface area contributed by atoms with E-state index in [-0.39, 0.29) is 25.1 Å². The number of rotatable bonds is 6. The van der Waals surface area contributed by atoms with Crippen LogP contribution in [0.25, 0.3) is 0 Å². The summed E-state index contributed by atoms with van der Waals surface area (Å²) in [5, 5.41) is 22.9. The minimum Gasteiger partial charge on any atom is -0.395 e. The van der Waals surface area contributed by atoms with Crippen molar-refractivity contribution in [1.82, 2.24) is 5.32 Å². The van der Waals surface area contributed by atoms with Crippen LogP contribution in [0.5, 0.6) is 0 Å². The van der Waals surface area contributed by atoms with Gasteiger partial charge in [0.15, 0.2) is 0 Å². The van der Waals surface area contributed by atoms with Gasteiger partial charge in [-0.05, 0) is 25.0 Å². The Balaban J connectivity index is 0.00000242. The molecule has 0 aromatic heterocycles. The highest BCUT2D eigenvalue weighted by atomic mass is 35.5. The maximum Gasteiger partial charge on any atom is 0.0984 e. The van der Waals surface area contributed by atoms with Crippen molar-refractivity contribution in [3.8, 4) is 0 Å². The van der Waals surface area contributed by atoms with Crippen LogP contribution in [0.2, 0.25) is 0 Å². The quantitative estimate of drug-likeness (QED) is 0.766. The maximum atomic E-state index is 10.7. The van der Waals surface area contributed by atoms with E-state index >= 15 is 0 Å². The van der Waals surface area contributed by atoms with E-state index in [1.807, 2.05) is 62.4 Å². The Kier molecular flexibility index (Phi) is 7.56. The molecule has 0 bridgehead atoms. The monoisotopic (exact) mass is 321 g/mol. The number of aliphatic hydroxyl groups is 2. The van der Waals surface area contributed by atoms with Gasteiger partial charge in [0.25, 0.3) is 0 Å². The first-order valence-electron chi connectivity index (χ1n) is 7.27. The zero-order chi connectivity index (χ0) is 15.2. The van der Waals surface area contributed by atoms with Gasteiger partial charge in [-0.15, -0.1) is 12.4 Å². The Bertz CT molecular complexity index is 554. The fourth-order valence-corrected chi connectivity index (χ4v) is 2.36. The highest BCUT2D eigenvalue weighted by Gasteiger charge is 2.22. The molecule has 2 unspecified atom stereocenters. The summed E-state index contributed by atoms with van der Waals surface area (Å²) in [6, 6.07) is 15.7. The maximum absolute atomic E-state index is 10.7. The van der Waals surface area contributed by atoms with E-state index in [2.05, 4.69) is 5.32 Å². The summed E-state index contributed by atoms with van der Waals surface area (Å²) in [6.07, 6.45) is -0.653. The first-order chi connectivity index (χ1) is 10.1. The van der Waals surface area contributed by atoms with Gasteiger partial charge in [-0.1, -0.05) is 59.7 Å². The first-order valence-corrected chi connectivity index (χ1v) is 7.27. The van der Waals surface area contributed by atoms with Crippen LogP contribution >= 0.6 is 12.4 Å². The van der Waals surface area contributed by atoms with Gasteiger partial charge in [0.2, 0.25) is 0 Å². The second-order valence-electron chi connectivity index (χ2n) is 5.42. The molecule has 0 heterocycles. The normalized spacial score (nSPS) is 13.3. The highest BCUT2D eigenvalue weighted by molar-refractivity contribution is 5.85. The van der Waals surface area contributed by atoms with Crippen LogP contribution < -0.4 is 5.32 Å². The molecule has 3 N–H and O–H groups in total. The van der Waals surface area contributed by atoms with Gasteiger partial charge >= 0.3 is 0 Å². The summed E-state index contributed by atoms with van der Waals surface area (Å²) in [5.41, 5.74) is 4.24. The molecule has 2 aromatic carbocycles. The van der Waals surface area contributed by atoms with Gasteiger partial charge in [0.05, 0.1) is 18.8 Å². The molecule has 0 aliphatic heterocycles. The molecule has 0 saturated heterocycles. The number of hydrogen-bond acceptors (Lipinski definition) is 3. The summed E-state index contributed by atoms with van der Waals surface area (Å²) in [4.78, 5) is 0. The first kappa shape index (κ1) is 18.7. The van der Waals surface area contributed by atoms with Crippen LogP contribution in [0.15, 0.2) is 48.5 Å². The molecule has 0 radical (unpaired) electrons. The Morgan fingerprint density at radius 1 is 0.864 bits per heavy atom. The minimum absolute atomic E-state index is 0. The van der Waals surface area contributed by atoms with Crippen LogP contribution in [0.1, 0.15) is 34.4 Å². The zero-order valence-corrected chi connectivity index (χ0v) is 13.8. The van der Waals surface area contributed by atoms with E-state index in [1.54, 1.807) is 0 Å². The lowest BCUT2D eigenvalue weighted by atomic mass is 9.94. The number of aryl methyl sites for hydroxylation is 2. The van der Waals surface area contributed by atoms with E-state index in [0.717, 1.165) is 11.1 Å². The number of halogens is 1. The van der Waals surface area contributed by atoms with Crippen LogP contribution in [0, 0.1) is 13.8 Å². The Morgan fingerprint density at radius 3 is 1.77 bits per heavy atom. The third kappa shape index (κ3) is 4.82. The second-order valence-corrected chi connectivity index (χ2v) is 5.42. The van der Waals surface area contributed by atoms with Crippen molar-refractivity contribution in [2.24, 2.45) is 0 Å². The van der Waals surface area contributed by atoms with Crippen molar-refractivity contribution >= 4 is 12.4 Å². The molecule has 2 aromatic rings. The molecular formula is C18H24ClNO2. The average Bonchev–Trinajstić information content (AvgIpc) is 2.50. The predicted octanol–water partition coefficient (Wildman–Crippen LogP) is 3.08. The van der Waals surface area contributed by atoms with Gasteiger partial charge in [0.1, 0.15) is 0 Å². The number of hydrogen-bond donors (Lipinski definition) is 3. The summed E-state index contributed by atoms with van der Waals surface area (Å²) in [6.45, 7) is 4.55. The van der Waals surface area contributed by atoms with Gasteiger partial charge in [-0.3, -0.25) is 0 Å². The van der Waals surface area contributed by atoms with Gasteiger partial charge in [-0.25, -0.2) is 0 Å². The van der Waals surface area contributed by atoms with Crippen molar-refractivity contribution in [2.75, 3.05) is 13.2 Å². The van der Waals surface area contributed by atoms with Gasteiger partial charge < -0.3 is 15.5 Å². The third-order valence-electron chi connectivity index (χ3n) is 3.65. The molecule has 120 valence electrons. The molecule has 0 amide bonds. The molecule has 22 heavy (non-hydrogen) atoms. The van der Waals surface area contributed by atoms with E-state index in [4.69, 9.17) is 5.11 Å². The lowest BCUT2D eigenvalue weighted by Gasteiger charge is -2.25. The van der Waals surface area contributed by atoms with E-state index in [9.17, 15) is 5.11 Å². The van der Waals surface area contributed by atoms with E-state index < -0.39 is 6.10 Å². The van der Waals surface area contributed by atoms with Crippen LogP contribution in [-0.4, -0.2) is 23.4 Å². The second kappa shape index (κ2) is 8.91. The fourth-order valence-electron chi connectivity index (χ4n) is 2.36. The Morgan fingerprint density at radius 2 is 1.32 bits per heavy atom. The molecule has 0 aliphatic carbocycles. The summed E-state index contributed by atoms with van der Waals surface area (Å²) in [7, 11) is 0. The SMILES string of the molecule is Cc1ccc(C(O)C(NCCO)c2ccc(C)cc2)cc1.Cl. The topological polar surface area (TPSA) is 52.5 Å². The lowest BCUT2D eigenvalue weighted by Crippen LogP contribution is -2.29. The largest absolute Gasteiger partial charge is 0.395 e. The van der Waals surface area contributed by atoms with Crippen LogP contribution in [-0.2, 0) is 0 Å². The molecule has 4 heteroatoms. The molecule has 2 rings (SSSR count). The predicted molar refractivity (Wildman–Crippen MR) is 92.4 cm³/mol. The van der Waals surface area contributed by atoms with Gasteiger partial charge in [-0.2, -0.15) is 0 Å². The third-order valence-corrected chi connectivity index (χ3v) is 3.65. The van der Waals surface area contributed by atoms with E-state index in [0.29, 0.717) is 6.54 Å². The van der Waals surface area contributed by atoms with Crippen molar-refractivity contribution in [3.05, 3.63) is 70.8 Å². The fraction of sp³-hybridized carbons (Fsp3) is 0.333. The lowest BCUT2D eigenvalue weighted by molar-refractivity contribution is 0.124. The van der Waals surface area contributed by atoms with E-state index in [1.165, 1.54) is 11.1 Å². The summed E-state index contributed by atoms with van der Waals surface area (Å²) >= 11 is 0. The molecule has 0 aliphatic rings. The van der Waals surface area contributed by atoms with Crippen molar-refractivity contribution < 1.29 is 10.2 Å². The molecule has 0 saturated carbocycles. The Hall–Kier alpha value is -1.39. The summed E-state index contributed by atoms with van der Waals surface area (Å²) in [5.74, 6) is 0. The van der Waals surface area contributed by atoms with Crippen molar-refractivity contribution in [1.29, 1.82) is 0 Å². The highest BCUT2D eigenvalue weighted by Crippen LogP contribution is 2.29. The van der Waals surface area contributed by atoms with Crippen LogP contribution in [0.3, 0.4) is 0 Å². The standard InChI is InChI=1S/C18H23NO2.ClH/c1-13-3-7-15(8-4-13)17(19-11-12-20)18(21)16-9-5-14(2)6-10-16;/h3-10,17-21H,11-12H2,1-2H3;1H. The molecule has 0 spiro atoms. The van der Waals surface area contributed by atoms with Gasteiger partial charge in [0, 0.05) is 6.54 Å². The molecular weight excluding hydrogens is 298 g/mol. The summed E-state index contributed by atoms with van der Waals surface area (Å²) < 4.78 is 0. The smallest absolute Gasteiger partial charge is 0.0984 e.